The van der Waals surface area contributed by atoms with Gasteiger partial charge in [0.05, 0.1) is 20.2 Å². The summed E-state index contributed by atoms with van der Waals surface area (Å²) < 4.78 is 5.15. The Balaban J connectivity index is 1.87. The maximum absolute atomic E-state index is 12.3. The highest BCUT2D eigenvalue weighted by molar-refractivity contribution is 5.88. The van der Waals surface area contributed by atoms with Crippen LogP contribution in [0, 0.1) is 0 Å². The van der Waals surface area contributed by atoms with Crippen molar-refractivity contribution in [2.45, 2.75) is 25.9 Å². The Bertz CT molecular complexity index is 714. The average molecular weight is 355 g/mol. The molecule has 0 fully saturated rings. The van der Waals surface area contributed by atoms with Crippen molar-refractivity contribution in [2.24, 2.45) is 0 Å². The number of hydrogen-bond acceptors (Lipinski definition) is 3. The molecule has 1 unspecified atom stereocenters. The lowest BCUT2D eigenvalue weighted by Crippen LogP contribution is -3.09. The number of methoxy groups -OCH3 is 1. The Hall–Kier alpha value is -2.66. The molecular formula is C21H27N2O3+. The molecule has 0 aromatic heterocycles. The number of benzene rings is 2. The SMILES string of the molecule is COc1ccc(C[NH+](C)CC(=O)N[C@H](Cc2ccccc2)C(C)=O)cc1. The second-order valence-corrected chi connectivity index (χ2v) is 6.58. The largest absolute Gasteiger partial charge is 0.497 e. The number of quaternary nitrogens is 1. The van der Waals surface area contributed by atoms with Gasteiger partial charge in [-0.3, -0.25) is 9.59 Å². The van der Waals surface area contributed by atoms with Crippen LogP contribution in [-0.2, 0) is 22.6 Å². The molecule has 0 spiro atoms. The first-order chi connectivity index (χ1) is 12.5. The van der Waals surface area contributed by atoms with E-state index in [0.29, 0.717) is 13.0 Å². The summed E-state index contributed by atoms with van der Waals surface area (Å²) in [5.41, 5.74) is 2.16. The van der Waals surface area contributed by atoms with Crippen molar-refractivity contribution in [3.63, 3.8) is 0 Å². The van der Waals surface area contributed by atoms with Crippen LogP contribution in [0.3, 0.4) is 0 Å². The highest BCUT2D eigenvalue weighted by Gasteiger charge is 2.19. The summed E-state index contributed by atoms with van der Waals surface area (Å²) in [5.74, 6) is 0.663. The molecule has 0 saturated carbocycles. The minimum absolute atomic E-state index is 0.0324. The minimum atomic E-state index is -0.487. The Morgan fingerprint density at radius 1 is 1.04 bits per heavy atom. The predicted molar refractivity (Wildman–Crippen MR) is 101 cm³/mol. The number of rotatable bonds is 9. The molecule has 0 aliphatic rings. The van der Waals surface area contributed by atoms with Gasteiger partial charge < -0.3 is 15.0 Å². The standard InChI is InChI=1S/C21H26N2O3/c1-16(24)20(13-17-7-5-4-6-8-17)22-21(25)15-23(2)14-18-9-11-19(26-3)12-10-18/h4-12,20H,13-15H2,1-3H3,(H,22,25)/p+1/t20-/m1/s1. The molecule has 2 aromatic rings. The monoisotopic (exact) mass is 355 g/mol. The van der Waals surface area contributed by atoms with Gasteiger partial charge in [-0.15, -0.1) is 0 Å². The van der Waals surface area contributed by atoms with Crippen LogP contribution in [0.1, 0.15) is 18.1 Å². The van der Waals surface area contributed by atoms with Crippen LogP contribution in [0.2, 0.25) is 0 Å². The third-order valence-electron chi connectivity index (χ3n) is 4.24. The lowest BCUT2D eigenvalue weighted by molar-refractivity contribution is -0.885. The maximum atomic E-state index is 12.3. The van der Waals surface area contributed by atoms with Crippen LogP contribution < -0.4 is 15.0 Å². The summed E-state index contributed by atoms with van der Waals surface area (Å²) in [5, 5.41) is 2.87. The number of carbonyl (C=O) groups excluding carboxylic acids is 2. The van der Waals surface area contributed by atoms with Gasteiger partial charge in [-0.1, -0.05) is 30.3 Å². The van der Waals surface area contributed by atoms with Gasteiger partial charge >= 0.3 is 0 Å². The summed E-state index contributed by atoms with van der Waals surface area (Å²) in [7, 11) is 3.60. The van der Waals surface area contributed by atoms with Gasteiger partial charge in [-0.2, -0.15) is 0 Å². The fourth-order valence-corrected chi connectivity index (χ4v) is 2.82. The van der Waals surface area contributed by atoms with E-state index in [-0.39, 0.29) is 11.7 Å². The van der Waals surface area contributed by atoms with Gasteiger partial charge in [0.25, 0.3) is 5.91 Å². The first-order valence-electron chi connectivity index (χ1n) is 8.76. The number of hydrogen-bond donors (Lipinski definition) is 2. The van der Waals surface area contributed by atoms with Gasteiger partial charge in [-0.05, 0) is 43.2 Å². The fraction of sp³-hybridized carbons (Fsp3) is 0.333. The fourth-order valence-electron chi connectivity index (χ4n) is 2.82. The zero-order chi connectivity index (χ0) is 18.9. The number of ketones is 1. The van der Waals surface area contributed by atoms with Crippen LogP contribution in [0.5, 0.6) is 5.75 Å². The van der Waals surface area contributed by atoms with Crippen LogP contribution in [0.25, 0.3) is 0 Å². The summed E-state index contributed by atoms with van der Waals surface area (Å²) in [4.78, 5) is 25.3. The van der Waals surface area contributed by atoms with Crippen molar-refractivity contribution in [3.8, 4) is 5.75 Å². The van der Waals surface area contributed by atoms with Crippen molar-refractivity contribution >= 4 is 11.7 Å². The number of likely N-dealkylation sites (N-methyl/N-ethyl adjacent to an activating group) is 1. The van der Waals surface area contributed by atoms with Gasteiger partial charge in [-0.25, -0.2) is 0 Å². The van der Waals surface area contributed by atoms with Gasteiger partial charge in [0, 0.05) is 5.56 Å². The topological polar surface area (TPSA) is 59.8 Å². The second kappa shape index (κ2) is 9.73. The number of amides is 1. The molecular weight excluding hydrogens is 328 g/mol. The second-order valence-electron chi connectivity index (χ2n) is 6.58. The van der Waals surface area contributed by atoms with E-state index < -0.39 is 6.04 Å². The lowest BCUT2D eigenvalue weighted by atomic mass is 10.0. The Morgan fingerprint density at radius 2 is 1.69 bits per heavy atom. The van der Waals surface area contributed by atoms with E-state index in [1.165, 1.54) is 6.92 Å². The third kappa shape index (κ3) is 6.33. The van der Waals surface area contributed by atoms with E-state index in [0.717, 1.165) is 28.3 Å². The van der Waals surface area contributed by atoms with Crippen molar-refractivity contribution in [3.05, 3.63) is 65.7 Å². The molecule has 26 heavy (non-hydrogen) atoms. The molecule has 5 heteroatoms. The third-order valence-corrected chi connectivity index (χ3v) is 4.24. The molecule has 0 aliphatic heterocycles. The molecule has 5 nitrogen and oxygen atoms in total. The number of carbonyl (C=O) groups is 2. The smallest absolute Gasteiger partial charge is 0.275 e. The van der Waals surface area contributed by atoms with Gasteiger partial charge in [0.2, 0.25) is 0 Å². The molecule has 2 N–H and O–H groups in total. The number of Topliss-reactive ketones (excluding diaryl/α,β-unsaturated/α-hetero) is 1. The van der Waals surface area contributed by atoms with Crippen LogP contribution in [-0.4, -0.2) is 38.4 Å². The average Bonchev–Trinajstić information content (AvgIpc) is 2.62. The molecule has 0 bridgehead atoms. The maximum Gasteiger partial charge on any atom is 0.275 e. The van der Waals surface area contributed by atoms with Crippen molar-refractivity contribution in [2.75, 3.05) is 20.7 Å². The molecule has 0 aliphatic carbocycles. The number of nitrogens with one attached hydrogen (secondary N) is 2. The normalized spacial score (nSPS) is 12.9. The highest BCUT2D eigenvalue weighted by atomic mass is 16.5. The Morgan fingerprint density at radius 3 is 2.27 bits per heavy atom. The molecule has 2 rings (SSSR count). The molecule has 1 amide bonds. The highest BCUT2D eigenvalue weighted by Crippen LogP contribution is 2.10. The minimum Gasteiger partial charge on any atom is -0.497 e. The lowest BCUT2D eigenvalue weighted by Gasteiger charge is -2.18. The van der Waals surface area contributed by atoms with Crippen LogP contribution in [0.4, 0.5) is 0 Å². The van der Waals surface area contributed by atoms with E-state index >= 15 is 0 Å². The molecule has 0 radical (unpaired) electrons. The summed E-state index contributed by atoms with van der Waals surface area (Å²) >= 11 is 0. The van der Waals surface area contributed by atoms with E-state index in [2.05, 4.69) is 5.32 Å². The number of ether oxygens (including phenoxy) is 1. The molecule has 0 saturated heterocycles. The summed E-state index contributed by atoms with van der Waals surface area (Å²) in [6.07, 6.45) is 0.513. The van der Waals surface area contributed by atoms with E-state index in [9.17, 15) is 9.59 Å². The van der Waals surface area contributed by atoms with Crippen LogP contribution >= 0.6 is 0 Å². The first-order valence-corrected chi connectivity index (χ1v) is 8.76. The zero-order valence-corrected chi connectivity index (χ0v) is 15.6. The quantitative estimate of drug-likeness (QED) is 0.706. The van der Waals surface area contributed by atoms with Crippen molar-refractivity contribution in [1.82, 2.24) is 5.32 Å². The molecule has 2 aromatic carbocycles. The van der Waals surface area contributed by atoms with E-state index in [1.54, 1.807) is 7.11 Å². The summed E-state index contributed by atoms with van der Waals surface area (Å²) in [6, 6.07) is 17.0. The van der Waals surface area contributed by atoms with Crippen LogP contribution in [0.15, 0.2) is 54.6 Å². The predicted octanol–water partition coefficient (Wildman–Crippen LogP) is 1.03. The molecule has 2 atom stereocenters. The van der Waals surface area contributed by atoms with Crippen molar-refractivity contribution < 1.29 is 19.2 Å². The first kappa shape index (κ1) is 19.7. The Labute approximate surface area is 155 Å². The van der Waals surface area contributed by atoms with Gasteiger partial charge in [0.1, 0.15) is 12.3 Å². The summed E-state index contributed by atoms with van der Waals surface area (Å²) in [6.45, 7) is 2.55. The zero-order valence-electron chi connectivity index (χ0n) is 15.6. The Kier molecular flexibility index (Phi) is 7.36. The molecule has 0 heterocycles. The van der Waals surface area contributed by atoms with Gasteiger partial charge in [0.15, 0.2) is 12.3 Å². The van der Waals surface area contributed by atoms with Crippen molar-refractivity contribution in [1.29, 1.82) is 0 Å². The molecule has 138 valence electrons. The van der Waals surface area contributed by atoms with E-state index in [4.69, 9.17) is 4.74 Å². The van der Waals surface area contributed by atoms with E-state index in [1.807, 2.05) is 61.6 Å².